The molecule has 6 nitrogen and oxygen atoms in total. The molecule has 0 unspecified atom stereocenters. The molecule has 9 heteroatoms. The third kappa shape index (κ3) is 5.31. The van der Waals surface area contributed by atoms with Gasteiger partial charge in [0.05, 0.1) is 5.02 Å². The fourth-order valence-corrected chi connectivity index (χ4v) is 4.77. The first-order valence-electron chi connectivity index (χ1n) is 8.21. The number of anilines is 1. The first-order chi connectivity index (χ1) is 11.4. The van der Waals surface area contributed by atoms with E-state index in [1.165, 1.54) is 16.4 Å². The molecule has 0 spiro atoms. The first-order valence-corrected chi connectivity index (χ1v) is 10.0. The zero-order chi connectivity index (χ0) is 17.7. The van der Waals surface area contributed by atoms with E-state index >= 15 is 0 Å². The molecule has 0 saturated carbocycles. The van der Waals surface area contributed by atoms with Crippen LogP contribution in [0.25, 0.3) is 0 Å². The largest absolute Gasteiger partial charge is 0.326 e. The summed E-state index contributed by atoms with van der Waals surface area (Å²) in [5.41, 5.74) is 0.452. The lowest BCUT2D eigenvalue weighted by Crippen LogP contribution is -2.34. The Kier molecular flexibility index (Phi) is 8.63. The Balaban J connectivity index is 0.00000312. The van der Waals surface area contributed by atoms with Crippen LogP contribution < -0.4 is 10.6 Å². The second-order valence-electron chi connectivity index (χ2n) is 5.75. The van der Waals surface area contributed by atoms with Gasteiger partial charge in [-0.05, 0) is 44.1 Å². The summed E-state index contributed by atoms with van der Waals surface area (Å²) in [5, 5.41) is 6.19. The van der Waals surface area contributed by atoms with E-state index in [0.717, 1.165) is 25.9 Å². The lowest BCUT2D eigenvalue weighted by Gasteiger charge is -2.22. The van der Waals surface area contributed by atoms with E-state index in [4.69, 9.17) is 11.6 Å². The van der Waals surface area contributed by atoms with E-state index in [2.05, 4.69) is 10.6 Å². The molecule has 1 amide bonds. The molecule has 0 aliphatic carbocycles. The maximum absolute atomic E-state index is 12.7. The van der Waals surface area contributed by atoms with Gasteiger partial charge in [0.15, 0.2) is 0 Å². The Hall–Kier alpha value is -0.860. The van der Waals surface area contributed by atoms with Crippen LogP contribution in [0.1, 0.15) is 26.7 Å². The fraction of sp³-hybridized carbons (Fsp3) is 0.562. The molecule has 1 aromatic rings. The molecular formula is C16H25Cl2N3O3S. The molecule has 1 aliphatic heterocycles. The number of nitrogens with zero attached hydrogens (tertiary/aromatic N) is 1. The molecule has 0 atom stereocenters. The quantitative estimate of drug-likeness (QED) is 0.756. The minimum atomic E-state index is -3.67. The van der Waals surface area contributed by atoms with Crippen LogP contribution in [0.5, 0.6) is 0 Å². The number of benzene rings is 1. The van der Waals surface area contributed by atoms with Crippen molar-refractivity contribution < 1.29 is 13.2 Å². The monoisotopic (exact) mass is 409 g/mol. The topological polar surface area (TPSA) is 78.5 Å². The van der Waals surface area contributed by atoms with E-state index in [0.29, 0.717) is 18.8 Å². The van der Waals surface area contributed by atoms with Crippen molar-refractivity contribution in [1.29, 1.82) is 0 Å². The van der Waals surface area contributed by atoms with Crippen molar-refractivity contribution in [2.24, 2.45) is 5.92 Å². The highest BCUT2D eigenvalue weighted by atomic mass is 35.5. The molecule has 0 bridgehead atoms. The van der Waals surface area contributed by atoms with Gasteiger partial charge in [0.25, 0.3) is 0 Å². The molecule has 1 heterocycles. The summed E-state index contributed by atoms with van der Waals surface area (Å²) in [5.74, 6) is -0.130. The Morgan fingerprint density at radius 3 is 2.44 bits per heavy atom. The number of nitrogens with one attached hydrogen (secondary N) is 2. The predicted octanol–water partition coefficient (Wildman–Crippen LogP) is 2.73. The summed E-state index contributed by atoms with van der Waals surface area (Å²) in [4.78, 5) is 12.4. The zero-order valence-electron chi connectivity index (χ0n) is 14.4. The lowest BCUT2D eigenvalue weighted by atomic mass is 9.97. The van der Waals surface area contributed by atoms with Gasteiger partial charge in [0.2, 0.25) is 15.9 Å². The van der Waals surface area contributed by atoms with Crippen molar-refractivity contribution in [1.82, 2.24) is 9.62 Å². The molecular weight excluding hydrogens is 385 g/mol. The molecule has 2 N–H and O–H groups in total. The van der Waals surface area contributed by atoms with Gasteiger partial charge in [-0.2, -0.15) is 4.31 Å². The second kappa shape index (κ2) is 9.73. The number of sulfonamides is 1. The normalized spacial score (nSPS) is 15.7. The van der Waals surface area contributed by atoms with E-state index in [-0.39, 0.29) is 34.2 Å². The Morgan fingerprint density at radius 1 is 1.28 bits per heavy atom. The van der Waals surface area contributed by atoms with Crippen molar-refractivity contribution in [3.63, 3.8) is 0 Å². The highest BCUT2D eigenvalue weighted by Gasteiger charge is 2.26. The number of hydrogen-bond donors (Lipinski definition) is 2. The summed E-state index contributed by atoms with van der Waals surface area (Å²) in [7, 11) is -3.67. The lowest BCUT2D eigenvalue weighted by molar-refractivity contribution is -0.120. The van der Waals surface area contributed by atoms with Crippen molar-refractivity contribution in [3.05, 3.63) is 23.2 Å². The summed E-state index contributed by atoms with van der Waals surface area (Å²) < 4.78 is 26.7. The van der Waals surface area contributed by atoms with Crippen LogP contribution in [0.15, 0.2) is 23.1 Å². The Morgan fingerprint density at radius 2 is 1.88 bits per heavy atom. The molecule has 1 fully saturated rings. The van der Waals surface area contributed by atoms with Gasteiger partial charge in [-0.3, -0.25) is 4.79 Å². The summed E-state index contributed by atoms with van der Waals surface area (Å²) in [6.45, 7) is 5.91. The zero-order valence-corrected chi connectivity index (χ0v) is 16.8. The molecule has 0 aromatic heterocycles. The van der Waals surface area contributed by atoms with E-state index < -0.39 is 10.0 Å². The number of carbonyl (C=O) groups excluding carboxylic acids is 1. The van der Waals surface area contributed by atoms with Crippen molar-refractivity contribution in [3.8, 4) is 0 Å². The smallest absolute Gasteiger partial charge is 0.244 e. The van der Waals surface area contributed by atoms with Crippen LogP contribution in [0.4, 0.5) is 5.69 Å². The molecule has 0 radical (unpaired) electrons. The van der Waals surface area contributed by atoms with Crippen LogP contribution in [0, 0.1) is 5.92 Å². The molecule has 1 aromatic carbocycles. The molecule has 25 heavy (non-hydrogen) atoms. The van der Waals surface area contributed by atoms with Crippen molar-refractivity contribution >= 4 is 45.6 Å². The number of hydrogen-bond acceptors (Lipinski definition) is 4. The number of amides is 1. The Labute approximate surface area is 160 Å². The van der Waals surface area contributed by atoms with Gasteiger partial charge < -0.3 is 10.6 Å². The van der Waals surface area contributed by atoms with Gasteiger partial charge >= 0.3 is 0 Å². The average Bonchev–Trinajstić information content (AvgIpc) is 2.58. The van der Waals surface area contributed by atoms with E-state index in [1.807, 2.05) is 0 Å². The summed E-state index contributed by atoms with van der Waals surface area (Å²) in [6.07, 6.45) is 1.56. The summed E-state index contributed by atoms with van der Waals surface area (Å²) >= 11 is 6.10. The van der Waals surface area contributed by atoms with Gasteiger partial charge in [-0.25, -0.2) is 8.42 Å². The molecule has 142 valence electrons. The standard InChI is InChI=1S/C16H24ClN3O3S.ClH/c1-3-20(4-2)24(22,23)15-11-13(5-6-14(15)17)19-16(21)12-7-9-18-10-8-12;/h5-6,11-12,18H,3-4,7-10H2,1-2H3,(H,19,21);1H. The van der Waals surface area contributed by atoms with Gasteiger partial charge in [-0.15, -0.1) is 12.4 Å². The Bertz CT molecular complexity index is 688. The third-order valence-corrected chi connectivity index (χ3v) is 6.76. The maximum atomic E-state index is 12.7. The minimum absolute atomic E-state index is 0. The van der Waals surface area contributed by atoms with E-state index in [1.54, 1.807) is 19.9 Å². The van der Waals surface area contributed by atoms with Crippen LogP contribution >= 0.6 is 24.0 Å². The van der Waals surface area contributed by atoms with Crippen LogP contribution in [0.3, 0.4) is 0 Å². The summed E-state index contributed by atoms with van der Waals surface area (Å²) in [6, 6.07) is 4.58. The molecule has 2 rings (SSSR count). The fourth-order valence-electron chi connectivity index (χ4n) is 2.81. The van der Waals surface area contributed by atoms with Crippen LogP contribution in [0.2, 0.25) is 5.02 Å². The van der Waals surface area contributed by atoms with Gasteiger partial charge in [-0.1, -0.05) is 25.4 Å². The van der Waals surface area contributed by atoms with E-state index in [9.17, 15) is 13.2 Å². The van der Waals surface area contributed by atoms with Crippen molar-refractivity contribution in [2.45, 2.75) is 31.6 Å². The maximum Gasteiger partial charge on any atom is 0.244 e. The second-order valence-corrected chi connectivity index (χ2v) is 8.06. The third-order valence-electron chi connectivity index (χ3n) is 4.23. The highest BCUT2D eigenvalue weighted by molar-refractivity contribution is 7.89. The minimum Gasteiger partial charge on any atom is -0.326 e. The highest BCUT2D eigenvalue weighted by Crippen LogP contribution is 2.28. The van der Waals surface area contributed by atoms with Crippen LogP contribution in [-0.4, -0.2) is 44.8 Å². The average molecular weight is 410 g/mol. The number of halogens is 2. The molecule has 1 aliphatic rings. The predicted molar refractivity (Wildman–Crippen MR) is 103 cm³/mol. The number of carbonyl (C=O) groups is 1. The SMILES string of the molecule is CCN(CC)S(=O)(=O)c1cc(NC(=O)C2CCNCC2)ccc1Cl.Cl. The van der Waals surface area contributed by atoms with Crippen LogP contribution in [-0.2, 0) is 14.8 Å². The number of rotatable bonds is 6. The van der Waals surface area contributed by atoms with Gasteiger partial charge in [0.1, 0.15) is 4.90 Å². The van der Waals surface area contributed by atoms with Crippen molar-refractivity contribution in [2.75, 3.05) is 31.5 Å². The first kappa shape index (κ1) is 22.2. The number of piperidine rings is 1. The van der Waals surface area contributed by atoms with Gasteiger partial charge in [0, 0.05) is 24.7 Å². The molecule has 1 saturated heterocycles.